The van der Waals surface area contributed by atoms with Gasteiger partial charge in [0.1, 0.15) is 11.5 Å². The number of ether oxygens (including phenoxy) is 2. The zero-order valence-electron chi connectivity index (χ0n) is 20.2. The monoisotopic (exact) mass is 477 g/mol. The third kappa shape index (κ3) is 6.22. The van der Waals surface area contributed by atoms with Gasteiger partial charge in [0.15, 0.2) is 0 Å². The van der Waals surface area contributed by atoms with Gasteiger partial charge in [-0.3, -0.25) is 4.90 Å². The number of aryl methyl sites for hydroxylation is 1. The Balaban J connectivity index is 1.49. The molecule has 4 unspecified atom stereocenters. The third-order valence-corrected chi connectivity index (χ3v) is 8.54. The number of amides is 1. The number of hydrogen-bond acceptors (Lipinski definition) is 6. The molecular formula is C25H39N3O4S. The van der Waals surface area contributed by atoms with Crippen molar-refractivity contribution in [3.05, 3.63) is 35.4 Å². The zero-order valence-corrected chi connectivity index (χ0v) is 21.0. The average Bonchev–Trinajstić information content (AvgIpc) is 3.11. The third-order valence-electron chi connectivity index (χ3n) is 7.37. The lowest BCUT2D eigenvalue weighted by Gasteiger charge is -2.33. The maximum Gasteiger partial charge on any atom is 0.410 e. The minimum absolute atomic E-state index is 0.00191. The maximum atomic E-state index is 13.1. The lowest BCUT2D eigenvalue weighted by Crippen LogP contribution is -2.52. The first-order valence-corrected chi connectivity index (χ1v) is 13.5. The second-order valence-electron chi connectivity index (χ2n) is 9.97. The fourth-order valence-electron chi connectivity index (χ4n) is 5.50. The molecule has 8 heteroatoms. The molecule has 1 saturated carbocycles. The van der Waals surface area contributed by atoms with Crippen LogP contribution in [0, 0.1) is 0 Å². The van der Waals surface area contributed by atoms with E-state index in [0.29, 0.717) is 19.1 Å². The van der Waals surface area contributed by atoms with Crippen molar-refractivity contribution in [3.63, 3.8) is 0 Å². The van der Waals surface area contributed by atoms with Crippen LogP contribution in [0.25, 0.3) is 0 Å². The molecule has 184 valence electrons. The Morgan fingerprint density at radius 1 is 1.18 bits per heavy atom. The lowest BCUT2D eigenvalue weighted by molar-refractivity contribution is -0.0105. The van der Waals surface area contributed by atoms with Gasteiger partial charge in [0, 0.05) is 20.1 Å². The summed E-state index contributed by atoms with van der Waals surface area (Å²) in [6, 6.07) is 8.73. The molecule has 7 nitrogen and oxygen atoms in total. The number of nitrogens with zero attached hydrogens (tertiary/aromatic N) is 2. The summed E-state index contributed by atoms with van der Waals surface area (Å²) in [5, 5.41) is 0. The van der Waals surface area contributed by atoms with Gasteiger partial charge in [0.25, 0.3) is 0 Å². The van der Waals surface area contributed by atoms with Crippen LogP contribution < -0.4 is 4.72 Å². The molecule has 1 N–H and O–H groups in total. The smallest absolute Gasteiger partial charge is 0.410 e. The first-order valence-electron chi connectivity index (χ1n) is 12.4. The Labute approximate surface area is 201 Å². The Morgan fingerprint density at radius 2 is 1.97 bits per heavy atom. The molecule has 33 heavy (non-hydrogen) atoms. The summed E-state index contributed by atoms with van der Waals surface area (Å²) in [6.45, 7) is 2.89. The number of fused-ring (bicyclic) bond motifs is 8. The average molecular weight is 478 g/mol. The number of nitrogens with one attached hydrogen (secondary N) is 1. The van der Waals surface area contributed by atoms with Crippen LogP contribution in [0.3, 0.4) is 0 Å². The Bertz CT molecular complexity index is 787. The van der Waals surface area contributed by atoms with E-state index in [-0.39, 0.29) is 30.3 Å². The van der Waals surface area contributed by atoms with Crippen LogP contribution in [0.1, 0.15) is 68.9 Å². The van der Waals surface area contributed by atoms with Crippen LogP contribution in [-0.4, -0.2) is 71.4 Å². The Kier molecular flexibility index (Phi) is 8.57. The summed E-state index contributed by atoms with van der Waals surface area (Å²) >= 11 is -1.31. The van der Waals surface area contributed by atoms with Crippen LogP contribution >= 0.6 is 0 Å². The highest BCUT2D eigenvalue weighted by molar-refractivity contribution is 7.87. The molecule has 2 fully saturated rings. The normalized spacial score (nSPS) is 32.3. The topological polar surface area (TPSA) is 77.1 Å². The van der Waals surface area contributed by atoms with Crippen molar-refractivity contribution in [2.75, 3.05) is 27.3 Å². The number of benzene rings is 1. The summed E-state index contributed by atoms with van der Waals surface area (Å²) in [5.74, 6) is 0.602. The van der Waals surface area contributed by atoms with E-state index in [1.165, 1.54) is 11.1 Å². The van der Waals surface area contributed by atoms with Gasteiger partial charge in [-0.15, -0.1) is 9.03 Å². The number of carbonyl (C=O) groups is 1. The first kappa shape index (κ1) is 24.8. The number of rotatable bonds is 3. The summed E-state index contributed by atoms with van der Waals surface area (Å²) in [7, 11) is 3.55. The molecule has 3 aliphatic heterocycles. The molecule has 1 amide bonds. The van der Waals surface area contributed by atoms with Crippen LogP contribution in [0.15, 0.2) is 24.3 Å². The molecule has 0 radical (unpaired) electrons. The Hall–Kier alpha value is -1.32. The van der Waals surface area contributed by atoms with Crippen molar-refractivity contribution in [2.24, 2.45) is 0 Å². The highest BCUT2D eigenvalue weighted by atomic mass is 32.2. The summed E-state index contributed by atoms with van der Waals surface area (Å²) < 4.78 is 29.4. The van der Waals surface area contributed by atoms with Crippen molar-refractivity contribution in [2.45, 2.75) is 88.4 Å². The molecule has 1 aliphatic carbocycles. The van der Waals surface area contributed by atoms with Crippen LogP contribution in [0.4, 0.5) is 4.79 Å². The van der Waals surface area contributed by atoms with E-state index in [1.807, 2.05) is 11.8 Å². The first-order chi connectivity index (χ1) is 15.9. The zero-order chi connectivity index (χ0) is 23.4. The van der Waals surface area contributed by atoms with Gasteiger partial charge in [-0.05, 0) is 75.3 Å². The van der Waals surface area contributed by atoms with Gasteiger partial charge >= 0.3 is 6.09 Å². The van der Waals surface area contributed by atoms with Gasteiger partial charge in [-0.1, -0.05) is 24.3 Å². The van der Waals surface area contributed by atoms with E-state index >= 15 is 0 Å². The van der Waals surface area contributed by atoms with Crippen molar-refractivity contribution in [3.8, 4) is 0 Å². The fourth-order valence-corrected chi connectivity index (χ4v) is 6.22. The minimum atomic E-state index is -1.31. The van der Waals surface area contributed by atoms with Crippen molar-refractivity contribution < 1.29 is 18.8 Å². The van der Waals surface area contributed by atoms with Crippen molar-refractivity contribution in [1.29, 1.82) is 0 Å². The van der Waals surface area contributed by atoms with E-state index in [4.69, 9.17) is 9.47 Å². The SMILES string of the molecule is CC1CC(N[S+]([O-])N(C)C)C2COC3CCC(CC3)c3cccc(c3)CCCCOC(=O)N12. The quantitative estimate of drug-likeness (QED) is 0.668. The molecular weight excluding hydrogens is 438 g/mol. The maximum absolute atomic E-state index is 13.1. The summed E-state index contributed by atoms with van der Waals surface area (Å²) in [5.41, 5.74) is 2.82. The number of hydrogen-bond donors (Lipinski definition) is 1. The predicted octanol–water partition coefficient (Wildman–Crippen LogP) is 3.76. The Morgan fingerprint density at radius 3 is 2.73 bits per heavy atom. The van der Waals surface area contributed by atoms with Crippen LogP contribution in [0.5, 0.6) is 0 Å². The van der Waals surface area contributed by atoms with E-state index in [0.717, 1.165) is 51.4 Å². The van der Waals surface area contributed by atoms with Gasteiger partial charge in [0.2, 0.25) is 0 Å². The van der Waals surface area contributed by atoms with E-state index in [9.17, 15) is 9.35 Å². The fraction of sp³-hybridized carbons (Fsp3) is 0.720. The summed E-state index contributed by atoms with van der Waals surface area (Å²) in [4.78, 5) is 14.9. The number of carbonyl (C=O) groups excluding carboxylic acids is 1. The second kappa shape index (κ2) is 11.4. The molecule has 1 saturated heterocycles. The van der Waals surface area contributed by atoms with Crippen molar-refractivity contribution in [1.82, 2.24) is 13.9 Å². The molecule has 4 atom stereocenters. The molecule has 4 aliphatic rings. The molecule has 0 aromatic heterocycles. The molecule has 3 heterocycles. The van der Waals surface area contributed by atoms with Gasteiger partial charge < -0.3 is 14.0 Å². The van der Waals surface area contributed by atoms with E-state index in [2.05, 4.69) is 29.0 Å². The van der Waals surface area contributed by atoms with Gasteiger partial charge in [0.05, 0.1) is 31.4 Å². The van der Waals surface area contributed by atoms with E-state index in [1.54, 1.807) is 18.4 Å². The molecule has 0 spiro atoms. The highest BCUT2D eigenvalue weighted by Gasteiger charge is 2.45. The molecule has 4 bridgehead atoms. The van der Waals surface area contributed by atoms with Gasteiger partial charge in [-0.2, -0.15) is 0 Å². The second-order valence-corrected chi connectivity index (χ2v) is 11.4. The molecule has 1 aromatic rings. The van der Waals surface area contributed by atoms with Crippen molar-refractivity contribution >= 4 is 17.6 Å². The standard InChI is InChI=1S/C25H39N3O4S/c1-18-15-23(26-33(30)27(2)3)24-17-32-22-12-10-20(11-13-22)21-9-6-8-19(16-21)7-4-5-14-31-25(29)28(18)24/h6,8-9,16,18,20,22-24,26H,4-5,7,10-15,17H2,1-3H3. The van der Waals surface area contributed by atoms with Gasteiger partial charge in [-0.25, -0.2) is 4.79 Å². The molecule has 1 aromatic carbocycles. The summed E-state index contributed by atoms with van der Waals surface area (Å²) in [6.07, 6.45) is 7.82. The lowest BCUT2D eigenvalue weighted by atomic mass is 9.82. The van der Waals surface area contributed by atoms with Crippen LogP contribution in [0.2, 0.25) is 0 Å². The van der Waals surface area contributed by atoms with Crippen LogP contribution in [-0.2, 0) is 27.4 Å². The van der Waals surface area contributed by atoms with E-state index < -0.39 is 11.5 Å². The highest BCUT2D eigenvalue weighted by Crippen LogP contribution is 2.35. The minimum Gasteiger partial charge on any atom is -0.579 e. The largest absolute Gasteiger partial charge is 0.579 e. The molecule has 5 rings (SSSR count). The predicted molar refractivity (Wildman–Crippen MR) is 130 cm³/mol.